The first-order valence-electron chi connectivity index (χ1n) is 4.30. The minimum absolute atomic E-state index is 0.730. The maximum Gasteiger partial charge on any atom is 0.469 e. The van der Waals surface area contributed by atoms with Gasteiger partial charge in [0.25, 0.3) is 0 Å². The summed E-state index contributed by atoms with van der Waals surface area (Å²) in [6, 6.07) is 0. The van der Waals surface area contributed by atoms with E-state index in [0.717, 1.165) is 0 Å². The summed E-state index contributed by atoms with van der Waals surface area (Å²) in [5.74, 6) is 0. The van der Waals surface area contributed by atoms with Crippen molar-refractivity contribution in [3.05, 3.63) is 0 Å². The molecule has 9 nitrogen and oxygen atoms in total. The van der Waals surface area contributed by atoms with Crippen molar-refractivity contribution in [3.63, 3.8) is 0 Å². The van der Waals surface area contributed by atoms with Crippen LogP contribution in [0.3, 0.4) is 0 Å². The van der Waals surface area contributed by atoms with Gasteiger partial charge in [-0.05, 0) is 0 Å². The number of phosphoric acid groups is 1. The van der Waals surface area contributed by atoms with E-state index in [1.165, 1.54) is 0 Å². The fourth-order valence-electron chi connectivity index (χ4n) is 1.24. The van der Waals surface area contributed by atoms with E-state index in [1.54, 1.807) is 0 Å². The Morgan fingerprint density at radius 3 is 2.12 bits per heavy atom. The van der Waals surface area contributed by atoms with Crippen molar-refractivity contribution in [2.75, 3.05) is 6.61 Å². The Morgan fingerprint density at radius 1 is 1.06 bits per heavy atom. The summed E-state index contributed by atoms with van der Waals surface area (Å²) in [5.41, 5.74) is 0. The third kappa shape index (κ3) is 3.45. The van der Waals surface area contributed by atoms with E-state index >= 15 is 0 Å². The number of phosphoric ester groups is 1. The molecule has 10 heteroatoms. The van der Waals surface area contributed by atoms with Gasteiger partial charge in [0.15, 0.2) is 6.29 Å². The molecule has 0 amide bonds. The molecule has 1 aliphatic rings. The van der Waals surface area contributed by atoms with Crippen molar-refractivity contribution in [1.29, 1.82) is 0 Å². The SMILES string of the molecule is O=P(O)(O)OC[C@@H]1O[C@@H](O)[C@@H](O)[C@H](O)[C@@H]1O. The number of hydrogen-bond acceptors (Lipinski definition) is 7. The Labute approximate surface area is 90.1 Å². The molecule has 16 heavy (non-hydrogen) atoms. The maximum absolute atomic E-state index is 10.4. The largest absolute Gasteiger partial charge is 0.469 e. The minimum atomic E-state index is -4.73. The van der Waals surface area contributed by atoms with Crippen LogP contribution in [0.1, 0.15) is 0 Å². The van der Waals surface area contributed by atoms with E-state index < -0.39 is 45.1 Å². The molecule has 0 bridgehead atoms. The normalized spacial score (nSPS) is 41.0. The fraction of sp³-hybridized carbons (Fsp3) is 1.00. The van der Waals surface area contributed by atoms with Crippen LogP contribution >= 0.6 is 7.82 Å². The Kier molecular flexibility index (Phi) is 4.41. The Morgan fingerprint density at radius 2 is 1.62 bits per heavy atom. The predicted molar refractivity (Wildman–Crippen MR) is 46.9 cm³/mol. The van der Waals surface area contributed by atoms with Crippen molar-refractivity contribution in [3.8, 4) is 0 Å². The first kappa shape index (κ1) is 14.0. The second-order valence-electron chi connectivity index (χ2n) is 3.32. The third-order valence-electron chi connectivity index (χ3n) is 2.09. The molecule has 0 aromatic heterocycles. The molecular formula is C6H13O9P. The highest BCUT2D eigenvalue weighted by Crippen LogP contribution is 2.36. The monoisotopic (exact) mass is 260 g/mol. The molecular weight excluding hydrogens is 247 g/mol. The molecule has 0 spiro atoms. The first-order valence-corrected chi connectivity index (χ1v) is 5.83. The lowest BCUT2D eigenvalue weighted by atomic mass is 10.00. The molecule has 96 valence electrons. The zero-order chi connectivity index (χ0) is 12.5. The quantitative estimate of drug-likeness (QED) is 0.289. The van der Waals surface area contributed by atoms with Crippen LogP contribution in [0.25, 0.3) is 0 Å². The maximum atomic E-state index is 10.4. The van der Waals surface area contributed by atoms with Gasteiger partial charge >= 0.3 is 7.82 Å². The highest BCUT2D eigenvalue weighted by molar-refractivity contribution is 7.46. The lowest BCUT2D eigenvalue weighted by molar-refractivity contribution is -0.285. The number of ether oxygens (including phenoxy) is 1. The number of hydrogen-bond donors (Lipinski definition) is 6. The molecule has 0 aliphatic carbocycles. The van der Waals surface area contributed by atoms with Gasteiger partial charge in [-0.1, -0.05) is 0 Å². The number of aliphatic hydroxyl groups excluding tert-OH is 4. The predicted octanol–water partition coefficient (Wildman–Crippen LogP) is -3.10. The van der Waals surface area contributed by atoms with E-state index in [2.05, 4.69) is 9.26 Å². The van der Waals surface area contributed by atoms with E-state index in [-0.39, 0.29) is 0 Å². The van der Waals surface area contributed by atoms with E-state index in [4.69, 9.17) is 20.0 Å². The molecule has 0 unspecified atom stereocenters. The Balaban J connectivity index is 2.57. The molecule has 1 saturated heterocycles. The minimum Gasteiger partial charge on any atom is -0.387 e. The number of aliphatic hydroxyl groups is 4. The van der Waals surface area contributed by atoms with Crippen molar-refractivity contribution < 1.29 is 44.0 Å². The topological polar surface area (TPSA) is 157 Å². The summed E-state index contributed by atoms with van der Waals surface area (Å²) >= 11 is 0. The molecule has 0 saturated carbocycles. The van der Waals surface area contributed by atoms with Crippen LogP contribution in [-0.2, 0) is 13.8 Å². The van der Waals surface area contributed by atoms with Gasteiger partial charge < -0.3 is 34.9 Å². The van der Waals surface area contributed by atoms with Crippen molar-refractivity contribution >= 4 is 7.82 Å². The summed E-state index contributed by atoms with van der Waals surface area (Å²) in [7, 11) is -4.73. The van der Waals surface area contributed by atoms with Crippen molar-refractivity contribution in [1.82, 2.24) is 0 Å². The first-order chi connectivity index (χ1) is 7.22. The van der Waals surface area contributed by atoms with Gasteiger partial charge in [0.1, 0.15) is 24.4 Å². The smallest absolute Gasteiger partial charge is 0.387 e. The summed E-state index contributed by atoms with van der Waals surface area (Å²) < 4.78 is 19.0. The van der Waals surface area contributed by atoms with Gasteiger partial charge in [-0.2, -0.15) is 0 Å². The number of rotatable bonds is 3. The van der Waals surface area contributed by atoms with Crippen LogP contribution in [0, 0.1) is 0 Å². The van der Waals surface area contributed by atoms with E-state index in [1.807, 2.05) is 0 Å². The third-order valence-corrected chi connectivity index (χ3v) is 2.58. The molecule has 1 fully saturated rings. The molecule has 0 radical (unpaired) electrons. The molecule has 1 aliphatic heterocycles. The lowest BCUT2D eigenvalue weighted by Crippen LogP contribution is -2.58. The van der Waals surface area contributed by atoms with Crippen LogP contribution < -0.4 is 0 Å². The molecule has 5 atom stereocenters. The molecule has 0 aromatic rings. The second kappa shape index (κ2) is 5.05. The van der Waals surface area contributed by atoms with Crippen LogP contribution in [0.2, 0.25) is 0 Å². The van der Waals surface area contributed by atoms with Gasteiger partial charge in [0, 0.05) is 0 Å². The second-order valence-corrected chi connectivity index (χ2v) is 4.56. The van der Waals surface area contributed by atoms with Crippen LogP contribution in [-0.4, -0.2) is 67.5 Å². The van der Waals surface area contributed by atoms with E-state index in [0.29, 0.717) is 0 Å². The van der Waals surface area contributed by atoms with Gasteiger partial charge in [0.2, 0.25) is 0 Å². The molecule has 0 aromatic carbocycles. The van der Waals surface area contributed by atoms with Gasteiger partial charge in [-0.15, -0.1) is 0 Å². The standard InChI is InChI=1S/C6H13O9P/c7-3-2(1-14-16(11,12)13)15-6(10)5(9)4(3)8/h2-10H,1H2,(H2,11,12,13)/t2-,3+,4+,5-,6+/m0/s1. The summed E-state index contributed by atoms with van der Waals surface area (Å²) in [4.78, 5) is 16.8. The zero-order valence-corrected chi connectivity index (χ0v) is 8.84. The molecule has 1 rings (SSSR count). The van der Waals surface area contributed by atoms with E-state index in [9.17, 15) is 14.8 Å². The highest BCUT2D eigenvalue weighted by atomic mass is 31.2. The zero-order valence-electron chi connectivity index (χ0n) is 7.95. The van der Waals surface area contributed by atoms with Gasteiger partial charge in [0.05, 0.1) is 6.61 Å². The average Bonchev–Trinajstić information content (AvgIpc) is 2.17. The van der Waals surface area contributed by atoms with Gasteiger partial charge in [-0.3, -0.25) is 4.52 Å². The van der Waals surface area contributed by atoms with Gasteiger partial charge in [-0.25, -0.2) is 4.57 Å². The Bertz CT molecular complexity index is 277. The average molecular weight is 260 g/mol. The summed E-state index contributed by atoms with van der Waals surface area (Å²) in [5, 5.41) is 36.7. The Hall–Kier alpha value is -0.0900. The highest BCUT2D eigenvalue weighted by Gasteiger charge is 2.43. The van der Waals surface area contributed by atoms with Crippen LogP contribution in [0.15, 0.2) is 0 Å². The molecule has 6 N–H and O–H groups in total. The van der Waals surface area contributed by atoms with Crippen molar-refractivity contribution in [2.24, 2.45) is 0 Å². The summed E-state index contributed by atoms with van der Waals surface area (Å²) in [6.45, 7) is -0.730. The summed E-state index contributed by atoms with van der Waals surface area (Å²) in [6.07, 6.45) is -8.11. The van der Waals surface area contributed by atoms with Crippen LogP contribution in [0.5, 0.6) is 0 Å². The van der Waals surface area contributed by atoms with Crippen LogP contribution in [0.4, 0.5) is 0 Å². The fourth-order valence-corrected chi connectivity index (χ4v) is 1.58. The molecule has 1 heterocycles. The van der Waals surface area contributed by atoms with Crippen molar-refractivity contribution in [2.45, 2.75) is 30.7 Å². The lowest BCUT2D eigenvalue weighted by Gasteiger charge is -2.38.